The molecule has 0 unspecified atom stereocenters. The van der Waals surface area contributed by atoms with Crippen molar-refractivity contribution in [2.24, 2.45) is 10.7 Å². The minimum Gasteiger partial charge on any atom is -0.370 e. The number of hydrogen-bond donors (Lipinski definition) is 2. The molecule has 0 saturated heterocycles. The zero-order valence-electron chi connectivity index (χ0n) is 11.3. The van der Waals surface area contributed by atoms with Crippen molar-refractivity contribution in [3.63, 3.8) is 0 Å². The molecule has 1 rings (SSSR count). The van der Waals surface area contributed by atoms with E-state index in [4.69, 9.17) is 5.73 Å². The summed E-state index contributed by atoms with van der Waals surface area (Å²) in [5.41, 5.74) is 6.68. The van der Waals surface area contributed by atoms with Gasteiger partial charge >= 0.3 is 0 Å². The first-order valence-electron chi connectivity index (χ1n) is 5.80. The molecule has 108 valence electrons. The van der Waals surface area contributed by atoms with Gasteiger partial charge in [0.05, 0.1) is 4.47 Å². The van der Waals surface area contributed by atoms with Gasteiger partial charge in [0.15, 0.2) is 5.96 Å². The maximum atomic E-state index is 13.0. The number of nitrogens with two attached hydrogens (primary N) is 1. The highest BCUT2D eigenvalue weighted by molar-refractivity contribution is 14.0. The third-order valence-corrected chi connectivity index (χ3v) is 2.78. The Bertz CT molecular complexity index is 444. The molecule has 1 aromatic rings. The van der Waals surface area contributed by atoms with Gasteiger partial charge in [0.1, 0.15) is 5.82 Å². The fraction of sp³-hybridized carbons (Fsp3) is 0.462. The molecule has 0 aliphatic heterocycles. The zero-order chi connectivity index (χ0) is 13.8. The molecule has 0 spiro atoms. The number of rotatable bonds is 3. The highest BCUT2D eigenvalue weighted by atomic mass is 127. The van der Waals surface area contributed by atoms with Crippen LogP contribution in [-0.4, -0.2) is 18.0 Å². The predicted molar refractivity (Wildman–Crippen MR) is 92.6 cm³/mol. The van der Waals surface area contributed by atoms with Crippen molar-refractivity contribution < 1.29 is 4.39 Å². The van der Waals surface area contributed by atoms with Crippen LogP contribution < -0.4 is 11.1 Å². The number of aliphatic imine (C=N–C) groups is 1. The van der Waals surface area contributed by atoms with Crippen LogP contribution in [-0.2, 0) is 6.42 Å². The SMILES string of the molecule is CC(C)(C)NC(N)=NCCc1ccc(F)c(Br)c1.I. The van der Waals surface area contributed by atoms with Crippen molar-refractivity contribution in [2.45, 2.75) is 32.7 Å². The van der Waals surface area contributed by atoms with E-state index in [0.29, 0.717) is 17.0 Å². The van der Waals surface area contributed by atoms with Crippen molar-refractivity contribution in [2.75, 3.05) is 6.54 Å². The second kappa shape index (κ2) is 8.04. The summed E-state index contributed by atoms with van der Waals surface area (Å²) in [5.74, 6) is 0.180. The molecule has 0 aliphatic rings. The molecule has 19 heavy (non-hydrogen) atoms. The molecule has 0 amide bonds. The molecule has 0 atom stereocenters. The molecule has 3 N–H and O–H groups in total. The van der Waals surface area contributed by atoms with Crippen molar-refractivity contribution in [3.05, 3.63) is 34.1 Å². The topological polar surface area (TPSA) is 50.4 Å². The number of guanidine groups is 1. The summed E-state index contributed by atoms with van der Waals surface area (Å²) in [6, 6.07) is 4.96. The Morgan fingerprint density at radius 3 is 2.58 bits per heavy atom. The summed E-state index contributed by atoms with van der Waals surface area (Å²) >= 11 is 3.16. The second-order valence-corrected chi connectivity index (χ2v) is 5.99. The van der Waals surface area contributed by atoms with Crippen molar-refractivity contribution in [3.8, 4) is 0 Å². The summed E-state index contributed by atoms with van der Waals surface area (Å²) in [7, 11) is 0. The Kier molecular flexibility index (Phi) is 7.88. The van der Waals surface area contributed by atoms with Crippen molar-refractivity contribution in [1.82, 2.24) is 5.32 Å². The average molecular weight is 444 g/mol. The molecule has 0 radical (unpaired) electrons. The van der Waals surface area contributed by atoms with E-state index in [1.165, 1.54) is 6.07 Å². The minimum atomic E-state index is -0.254. The third kappa shape index (κ3) is 7.71. The molecular weight excluding hydrogens is 424 g/mol. The lowest BCUT2D eigenvalue weighted by molar-refractivity contribution is 0.508. The first-order valence-corrected chi connectivity index (χ1v) is 6.59. The van der Waals surface area contributed by atoms with E-state index in [-0.39, 0.29) is 35.3 Å². The summed E-state index contributed by atoms with van der Waals surface area (Å²) in [5, 5.41) is 3.08. The first-order chi connectivity index (χ1) is 8.28. The van der Waals surface area contributed by atoms with E-state index in [0.717, 1.165) is 12.0 Å². The third-order valence-electron chi connectivity index (χ3n) is 2.17. The second-order valence-electron chi connectivity index (χ2n) is 5.14. The van der Waals surface area contributed by atoms with Gasteiger partial charge in [-0.3, -0.25) is 4.99 Å². The van der Waals surface area contributed by atoms with Gasteiger partial charge in [0.2, 0.25) is 0 Å². The van der Waals surface area contributed by atoms with E-state index in [2.05, 4.69) is 26.2 Å². The van der Waals surface area contributed by atoms with Gasteiger partial charge in [0, 0.05) is 12.1 Å². The van der Waals surface area contributed by atoms with Gasteiger partial charge in [-0.2, -0.15) is 0 Å². The molecule has 0 aromatic heterocycles. The van der Waals surface area contributed by atoms with Crippen LogP contribution in [0, 0.1) is 5.82 Å². The molecule has 3 nitrogen and oxygen atoms in total. The minimum absolute atomic E-state index is 0. The lowest BCUT2D eigenvalue weighted by Gasteiger charge is -2.20. The highest BCUT2D eigenvalue weighted by Crippen LogP contribution is 2.17. The molecule has 0 aliphatic carbocycles. The normalized spacial score (nSPS) is 11.9. The lowest BCUT2D eigenvalue weighted by atomic mass is 10.1. The van der Waals surface area contributed by atoms with Crippen LogP contribution in [0.3, 0.4) is 0 Å². The van der Waals surface area contributed by atoms with Crippen LogP contribution in [0.25, 0.3) is 0 Å². The summed E-state index contributed by atoms with van der Waals surface area (Å²) in [4.78, 5) is 4.23. The zero-order valence-corrected chi connectivity index (χ0v) is 15.3. The van der Waals surface area contributed by atoms with Crippen LogP contribution in [0.1, 0.15) is 26.3 Å². The van der Waals surface area contributed by atoms with Crippen molar-refractivity contribution >= 4 is 45.9 Å². The number of nitrogens with zero attached hydrogens (tertiary/aromatic N) is 1. The van der Waals surface area contributed by atoms with Gasteiger partial charge in [-0.15, -0.1) is 24.0 Å². The van der Waals surface area contributed by atoms with Crippen LogP contribution in [0.4, 0.5) is 4.39 Å². The monoisotopic (exact) mass is 443 g/mol. The van der Waals surface area contributed by atoms with Crippen molar-refractivity contribution in [1.29, 1.82) is 0 Å². The quantitative estimate of drug-likeness (QED) is 0.427. The molecule has 0 bridgehead atoms. The molecule has 0 saturated carbocycles. The largest absolute Gasteiger partial charge is 0.370 e. The molecule has 0 heterocycles. The Hall–Kier alpha value is -0.370. The maximum Gasteiger partial charge on any atom is 0.188 e. The average Bonchev–Trinajstić information content (AvgIpc) is 2.20. The smallest absolute Gasteiger partial charge is 0.188 e. The van der Waals surface area contributed by atoms with E-state index in [1.54, 1.807) is 12.1 Å². The van der Waals surface area contributed by atoms with Crippen LogP contribution in [0.5, 0.6) is 0 Å². The Morgan fingerprint density at radius 2 is 2.05 bits per heavy atom. The van der Waals surface area contributed by atoms with Gasteiger partial charge in [-0.05, 0) is 60.8 Å². The van der Waals surface area contributed by atoms with E-state index < -0.39 is 0 Å². The fourth-order valence-corrected chi connectivity index (χ4v) is 1.85. The number of hydrogen-bond acceptors (Lipinski definition) is 1. The first kappa shape index (κ1) is 18.6. The Labute approximate surface area is 139 Å². The Morgan fingerprint density at radius 1 is 1.42 bits per heavy atom. The predicted octanol–water partition coefficient (Wildman–Crippen LogP) is 3.45. The lowest BCUT2D eigenvalue weighted by Crippen LogP contribution is -2.45. The molecule has 0 fully saturated rings. The molecule has 6 heteroatoms. The number of benzene rings is 1. The van der Waals surface area contributed by atoms with Gasteiger partial charge in [-0.1, -0.05) is 6.07 Å². The number of halogens is 3. The highest BCUT2D eigenvalue weighted by Gasteiger charge is 2.09. The van der Waals surface area contributed by atoms with E-state index in [1.807, 2.05) is 20.8 Å². The van der Waals surface area contributed by atoms with Crippen LogP contribution in [0.2, 0.25) is 0 Å². The maximum absolute atomic E-state index is 13.0. The van der Waals surface area contributed by atoms with Crippen LogP contribution >= 0.6 is 39.9 Å². The van der Waals surface area contributed by atoms with E-state index >= 15 is 0 Å². The summed E-state index contributed by atoms with van der Waals surface area (Å²) in [6.45, 7) is 6.64. The summed E-state index contributed by atoms with van der Waals surface area (Å²) < 4.78 is 13.5. The standard InChI is InChI=1S/C13H19BrFN3.HI/c1-13(2,3)18-12(16)17-7-6-9-4-5-11(15)10(14)8-9;/h4-5,8H,6-7H2,1-3H3,(H3,16,17,18);1H. The Balaban J connectivity index is 0.00000324. The summed E-state index contributed by atoms with van der Waals surface area (Å²) in [6.07, 6.45) is 0.728. The molecular formula is C13H20BrFIN3. The fourth-order valence-electron chi connectivity index (χ4n) is 1.42. The van der Waals surface area contributed by atoms with Gasteiger partial charge in [0.25, 0.3) is 0 Å². The van der Waals surface area contributed by atoms with E-state index in [9.17, 15) is 4.39 Å². The van der Waals surface area contributed by atoms with Gasteiger partial charge < -0.3 is 11.1 Å². The number of nitrogens with one attached hydrogen (secondary N) is 1. The van der Waals surface area contributed by atoms with Gasteiger partial charge in [-0.25, -0.2) is 4.39 Å². The molecule has 1 aromatic carbocycles. The van der Waals surface area contributed by atoms with Crippen LogP contribution in [0.15, 0.2) is 27.7 Å².